The molecule has 3 aliphatic rings. The third-order valence-corrected chi connectivity index (χ3v) is 6.05. The van der Waals surface area contributed by atoms with E-state index in [9.17, 15) is 56.2 Å². The highest BCUT2D eigenvalue weighted by Crippen LogP contribution is 2.27. The summed E-state index contributed by atoms with van der Waals surface area (Å²) in [4.78, 5) is 0. The average Bonchev–Trinajstić information content (AvgIpc) is 2.82. The summed E-state index contributed by atoms with van der Waals surface area (Å²) in [6.45, 7) is -1.84. The Kier molecular flexibility index (Phi) is 9.54. The van der Waals surface area contributed by atoms with Crippen LogP contribution in [0.3, 0.4) is 0 Å². The molecule has 3 heterocycles. The smallest absolute Gasteiger partial charge is 0.186 e. The molecule has 0 spiro atoms. The van der Waals surface area contributed by atoms with Gasteiger partial charge in [0.2, 0.25) is 0 Å². The summed E-state index contributed by atoms with van der Waals surface area (Å²) in [5.74, 6) is 0. The Labute approximate surface area is 192 Å². The van der Waals surface area contributed by atoms with Gasteiger partial charge < -0.3 is 79.9 Å². The van der Waals surface area contributed by atoms with E-state index < -0.39 is 112 Å². The molecule has 15 atom stereocenters. The lowest BCUT2D eigenvalue weighted by Gasteiger charge is -2.43. The van der Waals surface area contributed by atoms with Crippen LogP contribution >= 0.6 is 0 Å². The summed E-state index contributed by atoms with van der Waals surface area (Å²) >= 11 is 0. The third-order valence-electron chi connectivity index (χ3n) is 6.05. The second kappa shape index (κ2) is 11.6. The highest BCUT2D eigenvalue weighted by molar-refractivity contribution is 4.92. The summed E-state index contributed by atoms with van der Waals surface area (Å²) in [5.41, 5.74) is 0. The Morgan fingerprint density at radius 1 is 0.441 bits per heavy atom. The first kappa shape index (κ1) is 27.9. The first-order valence-corrected chi connectivity index (χ1v) is 10.6. The minimum Gasteiger partial charge on any atom is -0.394 e. The van der Waals surface area contributed by atoms with Crippen LogP contribution in [0.25, 0.3) is 0 Å². The molecule has 11 N–H and O–H groups in total. The van der Waals surface area contributed by atoms with Crippen LogP contribution < -0.4 is 0 Å². The fraction of sp³-hybridized carbons (Fsp3) is 1.00. The Morgan fingerprint density at radius 3 is 1.29 bits per heavy atom. The van der Waals surface area contributed by atoms with E-state index in [4.69, 9.17) is 23.7 Å². The molecule has 3 aliphatic heterocycles. The number of aliphatic hydroxyl groups is 11. The van der Waals surface area contributed by atoms with Crippen molar-refractivity contribution in [1.29, 1.82) is 0 Å². The molecule has 34 heavy (non-hydrogen) atoms. The van der Waals surface area contributed by atoms with E-state index >= 15 is 0 Å². The fourth-order valence-electron chi connectivity index (χ4n) is 3.84. The Balaban J connectivity index is 1.58. The molecule has 3 saturated heterocycles. The van der Waals surface area contributed by atoms with E-state index in [1.54, 1.807) is 0 Å². The molecule has 0 unspecified atom stereocenters. The summed E-state index contributed by atoms with van der Waals surface area (Å²) < 4.78 is 26.1. The molecule has 200 valence electrons. The molecule has 0 aliphatic carbocycles. The lowest BCUT2D eigenvalue weighted by atomic mass is 9.98. The van der Waals surface area contributed by atoms with Crippen molar-refractivity contribution >= 4 is 0 Å². The maximum Gasteiger partial charge on any atom is 0.186 e. The van der Waals surface area contributed by atoms with E-state index in [0.29, 0.717) is 0 Å². The van der Waals surface area contributed by atoms with Gasteiger partial charge in [-0.25, -0.2) is 0 Å². The van der Waals surface area contributed by atoms with Gasteiger partial charge in [-0.1, -0.05) is 0 Å². The van der Waals surface area contributed by atoms with E-state index in [-0.39, 0.29) is 0 Å². The number of hydrogen-bond donors (Lipinski definition) is 11. The largest absolute Gasteiger partial charge is 0.394 e. The van der Waals surface area contributed by atoms with Gasteiger partial charge in [-0.05, 0) is 0 Å². The molecule has 0 aromatic carbocycles. The van der Waals surface area contributed by atoms with Gasteiger partial charge in [-0.3, -0.25) is 0 Å². The van der Waals surface area contributed by atoms with Gasteiger partial charge in [0.1, 0.15) is 73.2 Å². The molecule has 16 nitrogen and oxygen atoms in total. The maximum atomic E-state index is 10.2. The van der Waals surface area contributed by atoms with Crippen molar-refractivity contribution in [1.82, 2.24) is 0 Å². The van der Waals surface area contributed by atoms with Crippen molar-refractivity contribution < 1.29 is 79.9 Å². The fourth-order valence-corrected chi connectivity index (χ4v) is 3.84. The topological polar surface area (TPSA) is 269 Å². The monoisotopic (exact) mass is 504 g/mol. The van der Waals surface area contributed by atoms with Crippen LogP contribution in [-0.2, 0) is 23.7 Å². The minimum atomic E-state index is -1.82. The highest BCUT2D eigenvalue weighted by atomic mass is 16.7. The summed E-state index contributed by atoms with van der Waals surface area (Å²) in [6, 6.07) is 0. The Hall–Kier alpha value is -0.640. The Bertz CT molecular complexity index is 639. The standard InChI is InChI=1S/C18H32O16/c19-1-4-7(20)11(24)14(27)17(33-4)31-3-6-9(22)12(25)15(28)18(34-6)30-2-5-8(21)10(23)13(26)16(29)32-5/h4-29H,1-3H2/t4-,5-,6-,7-,8-,9-,10+,11+,12+,13+,14+,15+,16-,17+,18+/m1/s1. The Morgan fingerprint density at radius 2 is 0.824 bits per heavy atom. The van der Waals surface area contributed by atoms with Crippen LogP contribution in [0.4, 0.5) is 0 Å². The van der Waals surface area contributed by atoms with Gasteiger partial charge in [0, 0.05) is 0 Å². The van der Waals surface area contributed by atoms with Crippen molar-refractivity contribution in [3.05, 3.63) is 0 Å². The average molecular weight is 504 g/mol. The second-order valence-corrected chi connectivity index (χ2v) is 8.42. The zero-order chi connectivity index (χ0) is 25.3. The van der Waals surface area contributed by atoms with Gasteiger partial charge in [-0.15, -0.1) is 0 Å². The molecular formula is C18H32O16. The van der Waals surface area contributed by atoms with E-state index in [1.165, 1.54) is 0 Å². The predicted octanol–water partition coefficient (Wildman–Crippen LogP) is -7.57. The molecular weight excluding hydrogens is 472 g/mol. The lowest BCUT2D eigenvalue weighted by molar-refractivity contribution is -0.340. The summed E-state index contributed by atoms with van der Waals surface area (Å²) in [6.07, 6.45) is -24.4. The number of rotatable bonds is 7. The van der Waals surface area contributed by atoms with E-state index in [2.05, 4.69) is 0 Å². The molecule has 3 rings (SSSR count). The van der Waals surface area contributed by atoms with Gasteiger partial charge in [0.05, 0.1) is 19.8 Å². The van der Waals surface area contributed by atoms with Crippen molar-refractivity contribution in [2.24, 2.45) is 0 Å². The molecule has 0 aromatic rings. The van der Waals surface area contributed by atoms with Crippen LogP contribution in [0, 0.1) is 0 Å². The predicted molar refractivity (Wildman–Crippen MR) is 101 cm³/mol. The summed E-state index contributed by atoms with van der Waals surface area (Å²) in [7, 11) is 0. The maximum absolute atomic E-state index is 10.2. The first-order valence-electron chi connectivity index (χ1n) is 10.6. The van der Waals surface area contributed by atoms with Crippen LogP contribution in [0.5, 0.6) is 0 Å². The molecule has 0 bridgehead atoms. The van der Waals surface area contributed by atoms with Crippen molar-refractivity contribution in [3.63, 3.8) is 0 Å². The summed E-state index contributed by atoms with van der Waals surface area (Å²) in [5, 5.41) is 108. The van der Waals surface area contributed by atoms with E-state index in [0.717, 1.165) is 0 Å². The lowest BCUT2D eigenvalue weighted by Crippen LogP contribution is -2.62. The van der Waals surface area contributed by atoms with Gasteiger partial charge >= 0.3 is 0 Å². The van der Waals surface area contributed by atoms with Gasteiger partial charge in [0.25, 0.3) is 0 Å². The minimum absolute atomic E-state index is 0.570. The third kappa shape index (κ3) is 5.68. The first-order chi connectivity index (χ1) is 16.0. The van der Waals surface area contributed by atoms with Crippen molar-refractivity contribution in [2.45, 2.75) is 92.1 Å². The normalized spacial score (nSPS) is 52.5. The van der Waals surface area contributed by atoms with Gasteiger partial charge in [-0.2, -0.15) is 0 Å². The van der Waals surface area contributed by atoms with E-state index in [1.807, 2.05) is 0 Å². The zero-order valence-corrected chi connectivity index (χ0v) is 17.7. The second-order valence-electron chi connectivity index (χ2n) is 8.42. The molecule has 16 heteroatoms. The zero-order valence-electron chi connectivity index (χ0n) is 17.7. The molecule has 0 amide bonds. The van der Waals surface area contributed by atoms with Crippen molar-refractivity contribution in [2.75, 3.05) is 19.8 Å². The van der Waals surface area contributed by atoms with Gasteiger partial charge in [0.15, 0.2) is 18.9 Å². The number of aliphatic hydroxyl groups excluding tert-OH is 11. The van der Waals surface area contributed by atoms with Crippen molar-refractivity contribution in [3.8, 4) is 0 Å². The number of hydrogen-bond acceptors (Lipinski definition) is 16. The van der Waals surface area contributed by atoms with Crippen LogP contribution in [0.1, 0.15) is 0 Å². The van der Waals surface area contributed by atoms with Crippen LogP contribution in [-0.4, -0.2) is 168 Å². The quantitative estimate of drug-likeness (QED) is 0.154. The molecule has 0 radical (unpaired) electrons. The van der Waals surface area contributed by atoms with Crippen LogP contribution in [0.2, 0.25) is 0 Å². The molecule has 0 saturated carbocycles. The van der Waals surface area contributed by atoms with Crippen LogP contribution in [0.15, 0.2) is 0 Å². The SMILES string of the molecule is OC[C@H]1O[C@H](OC[C@H]2O[C@H](OC[C@H]3O[C@@H](O)[C@@H](O)[C@@H](O)[C@@H]3O)[C@@H](O)[C@@H](O)[C@@H]2O)[C@@H](O)[C@@H](O)[C@@H]1O. The number of ether oxygens (including phenoxy) is 5. The molecule has 3 fully saturated rings. The molecule has 0 aromatic heterocycles. The highest BCUT2D eigenvalue weighted by Gasteiger charge is 2.48.